The van der Waals surface area contributed by atoms with E-state index < -0.39 is 0 Å². The van der Waals surface area contributed by atoms with Crippen molar-refractivity contribution in [1.29, 1.82) is 0 Å². The lowest BCUT2D eigenvalue weighted by Gasteiger charge is -2.63. The zero-order valence-corrected chi connectivity index (χ0v) is 22.1. The van der Waals surface area contributed by atoms with Crippen LogP contribution in [0.3, 0.4) is 0 Å². The summed E-state index contributed by atoms with van der Waals surface area (Å²) in [6.07, 6.45) is 13.2. The average molecular weight is 441 g/mol. The lowest BCUT2D eigenvalue weighted by molar-refractivity contribution is -0.146. The molecular formula is C30H48O2. The first-order valence-corrected chi connectivity index (χ1v) is 13.3. The van der Waals surface area contributed by atoms with Crippen LogP contribution in [0.15, 0.2) is 23.3 Å². The van der Waals surface area contributed by atoms with Crippen molar-refractivity contribution in [2.75, 3.05) is 0 Å². The number of rotatable bonds is 4. The van der Waals surface area contributed by atoms with Crippen LogP contribution < -0.4 is 0 Å². The van der Waals surface area contributed by atoms with Crippen LogP contribution >= 0.6 is 0 Å². The molecule has 0 radical (unpaired) electrons. The zero-order chi connectivity index (χ0) is 23.7. The molecule has 0 saturated heterocycles. The smallest absolute Gasteiger partial charge is 0.138 e. The molecule has 8 atom stereocenters. The van der Waals surface area contributed by atoms with Crippen LogP contribution in [0.25, 0.3) is 0 Å². The molecule has 1 N–H and O–H groups in total. The summed E-state index contributed by atoms with van der Waals surface area (Å²) in [6.45, 7) is 18.7. The van der Waals surface area contributed by atoms with E-state index in [0.29, 0.717) is 34.9 Å². The van der Waals surface area contributed by atoms with Crippen LogP contribution in [0.4, 0.5) is 0 Å². The second-order valence-electron chi connectivity index (χ2n) is 13.6. The van der Waals surface area contributed by atoms with Gasteiger partial charge in [0.15, 0.2) is 0 Å². The molecule has 2 heteroatoms. The number of allylic oxidation sites excluding steroid dienone is 3. The first kappa shape index (κ1) is 24.2. The molecular weight excluding hydrogens is 392 g/mol. The maximum atomic E-state index is 12.8. The van der Waals surface area contributed by atoms with Gasteiger partial charge in [0.1, 0.15) is 5.78 Å². The molecule has 0 aromatic rings. The number of ketones is 1. The predicted octanol–water partition coefficient (Wildman–Crippen LogP) is 7.51. The Morgan fingerprint density at radius 3 is 2.47 bits per heavy atom. The largest absolute Gasteiger partial charge is 0.389 e. The molecule has 0 bridgehead atoms. The van der Waals surface area contributed by atoms with Gasteiger partial charge in [-0.05, 0) is 98.7 Å². The second-order valence-corrected chi connectivity index (χ2v) is 13.6. The monoisotopic (exact) mass is 440 g/mol. The molecule has 3 saturated carbocycles. The number of Topliss-reactive ketones (excluding diaryl/α,β-unsaturated/α-hetero) is 1. The van der Waals surface area contributed by atoms with Crippen LogP contribution in [0.1, 0.15) is 107 Å². The molecule has 0 aliphatic heterocycles. The third kappa shape index (κ3) is 3.33. The fourth-order valence-corrected chi connectivity index (χ4v) is 9.46. The lowest BCUT2D eigenvalue weighted by atomic mass is 9.41. The summed E-state index contributed by atoms with van der Waals surface area (Å²) < 4.78 is 0. The molecule has 0 amide bonds. The van der Waals surface area contributed by atoms with E-state index >= 15 is 0 Å². The van der Waals surface area contributed by atoms with Gasteiger partial charge in [-0.3, -0.25) is 4.79 Å². The van der Waals surface area contributed by atoms with Gasteiger partial charge >= 0.3 is 0 Å². The molecule has 4 aliphatic carbocycles. The minimum Gasteiger partial charge on any atom is -0.389 e. The molecule has 0 aromatic carbocycles. The van der Waals surface area contributed by atoms with E-state index in [1.54, 1.807) is 5.57 Å². The summed E-state index contributed by atoms with van der Waals surface area (Å²) in [5.74, 6) is 2.80. The van der Waals surface area contributed by atoms with Crippen LogP contribution in [0, 0.1) is 45.3 Å². The topological polar surface area (TPSA) is 37.3 Å². The van der Waals surface area contributed by atoms with Crippen molar-refractivity contribution in [2.24, 2.45) is 45.3 Å². The Labute approximate surface area is 197 Å². The molecule has 8 unspecified atom stereocenters. The van der Waals surface area contributed by atoms with E-state index in [1.165, 1.54) is 31.3 Å². The number of fused-ring (bicyclic) bond motifs is 5. The molecule has 3 fully saturated rings. The third-order valence-corrected chi connectivity index (χ3v) is 11.5. The first-order valence-electron chi connectivity index (χ1n) is 13.3. The zero-order valence-electron chi connectivity index (χ0n) is 22.1. The maximum Gasteiger partial charge on any atom is 0.138 e. The first-order chi connectivity index (χ1) is 14.8. The maximum absolute atomic E-state index is 12.8. The van der Waals surface area contributed by atoms with Crippen molar-refractivity contribution in [3.63, 3.8) is 0 Å². The second kappa shape index (κ2) is 7.82. The number of hydrogen-bond acceptors (Lipinski definition) is 2. The normalized spacial score (nSPS) is 44.6. The van der Waals surface area contributed by atoms with Crippen molar-refractivity contribution in [2.45, 2.75) is 113 Å². The van der Waals surface area contributed by atoms with Crippen LogP contribution in [-0.4, -0.2) is 17.0 Å². The molecule has 0 heterocycles. The number of aliphatic hydroxyl groups excluding tert-OH is 1. The van der Waals surface area contributed by atoms with E-state index in [-0.39, 0.29) is 22.3 Å². The quantitative estimate of drug-likeness (QED) is 0.459. The molecule has 32 heavy (non-hydrogen) atoms. The number of carbonyl (C=O) groups excluding carboxylic acids is 1. The highest BCUT2D eigenvalue weighted by Crippen LogP contribution is 2.73. The highest BCUT2D eigenvalue weighted by molar-refractivity contribution is 5.85. The average Bonchev–Trinajstić information content (AvgIpc) is 2.96. The Bertz CT molecular complexity index is 830. The van der Waals surface area contributed by atoms with Gasteiger partial charge in [0.2, 0.25) is 0 Å². The van der Waals surface area contributed by atoms with E-state index in [2.05, 4.69) is 61.5 Å². The SMILES string of the molecule is CC(C)=CC(O)CC(C)C1CCC2(C)C3=CCC4C(C)(C)C(=O)CCC4(C)C3CCC12C. The molecule has 0 spiro atoms. The van der Waals surface area contributed by atoms with Crippen molar-refractivity contribution in [1.82, 2.24) is 0 Å². The van der Waals surface area contributed by atoms with Gasteiger partial charge in [0, 0.05) is 11.8 Å². The van der Waals surface area contributed by atoms with Crippen molar-refractivity contribution < 1.29 is 9.90 Å². The van der Waals surface area contributed by atoms with Gasteiger partial charge in [-0.1, -0.05) is 64.8 Å². The van der Waals surface area contributed by atoms with Gasteiger partial charge in [0.25, 0.3) is 0 Å². The lowest BCUT2D eigenvalue weighted by Crippen LogP contribution is -2.57. The van der Waals surface area contributed by atoms with Crippen LogP contribution in [-0.2, 0) is 4.79 Å². The van der Waals surface area contributed by atoms with Crippen molar-refractivity contribution in [3.05, 3.63) is 23.3 Å². The third-order valence-electron chi connectivity index (χ3n) is 11.5. The highest BCUT2D eigenvalue weighted by Gasteiger charge is 2.65. The standard InChI is InChI=1S/C30H48O2/c1-19(2)17-21(31)18-20(3)22-11-15-30(8)24-9-10-25-27(4,5)26(32)13-14-28(25,6)23(24)12-16-29(22,30)7/h9,17,20-23,25,31H,10-16,18H2,1-8H3. The fraction of sp³-hybridized carbons (Fsp3) is 0.833. The van der Waals surface area contributed by atoms with Crippen LogP contribution in [0.5, 0.6) is 0 Å². The predicted molar refractivity (Wildman–Crippen MR) is 133 cm³/mol. The van der Waals surface area contributed by atoms with Gasteiger partial charge in [0.05, 0.1) is 6.10 Å². The molecule has 2 nitrogen and oxygen atoms in total. The van der Waals surface area contributed by atoms with Gasteiger partial charge in [-0.2, -0.15) is 0 Å². The highest BCUT2D eigenvalue weighted by atomic mass is 16.3. The van der Waals surface area contributed by atoms with Crippen LogP contribution in [0.2, 0.25) is 0 Å². The number of carbonyl (C=O) groups is 1. The van der Waals surface area contributed by atoms with E-state index in [0.717, 1.165) is 25.7 Å². The Hall–Kier alpha value is -0.890. The number of hydrogen-bond donors (Lipinski definition) is 1. The molecule has 0 aromatic heterocycles. The van der Waals surface area contributed by atoms with Gasteiger partial charge < -0.3 is 5.11 Å². The Morgan fingerprint density at radius 2 is 1.81 bits per heavy atom. The van der Waals surface area contributed by atoms with Gasteiger partial charge in [-0.15, -0.1) is 0 Å². The fourth-order valence-electron chi connectivity index (χ4n) is 9.46. The summed E-state index contributed by atoms with van der Waals surface area (Å²) in [7, 11) is 0. The summed E-state index contributed by atoms with van der Waals surface area (Å²) in [5, 5.41) is 10.6. The molecule has 4 aliphatic rings. The van der Waals surface area contributed by atoms with E-state index in [4.69, 9.17) is 0 Å². The summed E-state index contributed by atoms with van der Waals surface area (Å²) in [4.78, 5) is 12.8. The van der Waals surface area contributed by atoms with E-state index in [1.807, 2.05) is 6.08 Å². The Balaban J connectivity index is 1.64. The van der Waals surface area contributed by atoms with Gasteiger partial charge in [-0.25, -0.2) is 0 Å². The Morgan fingerprint density at radius 1 is 1.12 bits per heavy atom. The molecule has 180 valence electrons. The summed E-state index contributed by atoms with van der Waals surface area (Å²) in [6, 6.07) is 0. The van der Waals surface area contributed by atoms with Crippen molar-refractivity contribution in [3.8, 4) is 0 Å². The minimum atomic E-state index is -0.322. The van der Waals surface area contributed by atoms with Crippen molar-refractivity contribution >= 4 is 5.78 Å². The molecule has 4 rings (SSSR count). The number of aliphatic hydroxyl groups is 1. The summed E-state index contributed by atoms with van der Waals surface area (Å²) >= 11 is 0. The van der Waals surface area contributed by atoms with E-state index in [9.17, 15) is 9.90 Å². The summed E-state index contributed by atoms with van der Waals surface area (Å²) in [5.41, 5.74) is 3.59. The minimum absolute atomic E-state index is 0.190. The Kier molecular flexibility index (Phi) is 5.93.